The van der Waals surface area contributed by atoms with Gasteiger partial charge in [-0.15, -0.1) is 0 Å². The molecule has 0 aromatic carbocycles. The van der Waals surface area contributed by atoms with Crippen molar-refractivity contribution >= 4 is 0 Å². The van der Waals surface area contributed by atoms with Crippen LogP contribution >= 0.6 is 0 Å². The summed E-state index contributed by atoms with van der Waals surface area (Å²) < 4.78 is 0. The molecule has 0 heteroatoms. The fraction of sp³-hybridized carbons (Fsp3) is 1.00. The average molecular weight is 124 g/mol. The van der Waals surface area contributed by atoms with Crippen molar-refractivity contribution in [1.82, 2.24) is 0 Å². The lowest BCUT2D eigenvalue weighted by Crippen LogP contribution is -2.04. The van der Waals surface area contributed by atoms with E-state index in [0.29, 0.717) is 0 Å². The third-order valence-electron chi connectivity index (χ3n) is 3.44. The predicted octanol–water partition coefficient (Wildman–Crippen LogP) is 2.83. The molecule has 0 aliphatic heterocycles. The molecular weight excluding hydrogens is 108 g/mol. The number of unbranched alkanes of at least 4 members (excludes halogenated alkanes) is 1. The van der Waals surface area contributed by atoms with Gasteiger partial charge in [0.2, 0.25) is 0 Å². The van der Waals surface area contributed by atoms with Crippen LogP contribution < -0.4 is 0 Å². The Hall–Kier alpha value is 0. The minimum atomic E-state index is 0.857. The van der Waals surface area contributed by atoms with E-state index >= 15 is 0 Å². The van der Waals surface area contributed by atoms with Crippen molar-refractivity contribution in [2.24, 2.45) is 17.3 Å². The van der Waals surface area contributed by atoms with Gasteiger partial charge in [-0.3, -0.25) is 0 Å². The Balaban J connectivity index is 1.74. The van der Waals surface area contributed by atoms with Gasteiger partial charge in [0.05, 0.1) is 0 Å². The van der Waals surface area contributed by atoms with Gasteiger partial charge in [-0.25, -0.2) is 0 Å². The average Bonchev–Trinajstić information content (AvgIpc) is 2.68. The highest BCUT2D eigenvalue weighted by atomic mass is 14.8. The Morgan fingerprint density at radius 2 is 2.11 bits per heavy atom. The first-order valence-electron chi connectivity index (χ1n) is 4.29. The molecule has 2 fully saturated rings. The molecule has 2 unspecified atom stereocenters. The van der Waals surface area contributed by atoms with E-state index in [4.69, 9.17) is 0 Å². The largest absolute Gasteiger partial charge is 0.0654 e. The predicted molar refractivity (Wildman–Crippen MR) is 39.2 cm³/mol. The van der Waals surface area contributed by atoms with Gasteiger partial charge in [0.25, 0.3) is 0 Å². The lowest BCUT2D eigenvalue weighted by Gasteiger charge is -2.14. The smallest absolute Gasteiger partial charge is 0.0263 e. The van der Waals surface area contributed by atoms with Crippen molar-refractivity contribution in [3.63, 3.8) is 0 Å². The molecule has 2 aliphatic rings. The lowest BCUT2D eigenvalue weighted by molar-refractivity contribution is 0.362. The molecule has 0 nitrogen and oxygen atoms in total. The topological polar surface area (TPSA) is 0 Å². The third-order valence-corrected chi connectivity index (χ3v) is 3.44. The first kappa shape index (κ1) is 5.76. The Bertz CT molecular complexity index is 118. The maximum atomic E-state index is 2.47. The molecule has 0 spiro atoms. The number of rotatable bonds is 3. The molecule has 0 amide bonds. The van der Waals surface area contributed by atoms with Crippen LogP contribution in [-0.4, -0.2) is 0 Å². The summed E-state index contributed by atoms with van der Waals surface area (Å²) in [6, 6.07) is 0. The Labute approximate surface area is 57.6 Å². The highest BCUT2D eigenvalue weighted by molar-refractivity contribution is 5.20. The summed E-state index contributed by atoms with van der Waals surface area (Å²) in [6.07, 6.45) is 5.93. The van der Waals surface area contributed by atoms with Gasteiger partial charge in [0.1, 0.15) is 0 Å². The van der Waals surface area contributed by atoms with Crippen molar-refractivity contribution in [2.75, 3.05) is 0 Å². The van der Waals surface area contributed by atoms with Crippen molar-refractivity contribution in [2.45, 2.75) is 39.5 Å². The highest BCUT2D eigenvalue weighted by Gasteiger charge is 2.72. The first-order chi connectivity index (χ1) is 4.29. The third kappa shape index (κ3) is 0.653. The standard InChI is InChI=1S/C9H16/c1-3-4-5-9(2)7-6-8(7)9/h7-8H,3-6H2,1-2H3. The molecule has 0 saturated heterocycles. The summed E-state index contributed by atoms with van der Waals surface area (Å²) in [5.41, 5.74) is 0.857. The molecule has 2 rings (SSSR count). The minimum Gasteiger partial charge on any atom is -0.0654 e. The Kier molecular flexibility index (Phi) is 0.980. The zero-order valence-corrected chi connectivity index (χ0v) is 6.48. The lowest BCUT2D eigenvalue weighted by atomic mass is 9.91. The number of hydrogen-bond donors (Lipinski definition) is 0. The van der Waals surface area contributed by atoms with Gasteiger partial charge in [0.15, 0.2) is 0 Å². The molecule has 2 saturated carbocycles. The highest BCUT2D eigenvalue weighted by Crippen LogP contribution is 2.79. The molecule has 0 radical (unpaired) electrons. The Morgan fingerprint density at radius 3 is 2.44 bits per heavy atom. The molecule has 0 aromatic heterocycles. The van der Waals surface area contributed by atoms with Crippen LogP contribution in [0.3, 0.4) is 0 Å². The van der Waals surface area contributed by atoms with Crippen LogP contribution in [-0.2, 0) is 0 Å². The molecular formula is C9H16. The van der Waals surface area contributed by atoms with E-state index in [2.05, 4.69) is 13.8 Å². The van der Waals surface area contributed by atoms with E-state index in [9.17, 15) is 0 Å². The zero-order chi connectivity index (χ0) is 6.48. The first-order valence-corrected chi connectivity index (χ1v) is 4.29. The van der Waals surface area contributed by atoms with E-state index in [1.165, 1.54) is 31.1 Å². The second kappa shape index (κ2) is 1.53. The fourth-order valence-corrected chi connectivity index (χ4v) is 2.27. The van der Waals surface area contributed by atoms with E-state index in [1.54, 1.807) is 6.42 Å². The van der Waals surface area contributed by atoms with Crippen LogP contribution in [0.15, 0.2) is 0 Å². The fourth-order valence-electron chi connectivity index (χ4n) is 2.27. The molecule has 0 heterocycles. The van der Waals surface area contributed by atoms with Crippen molar-refractivity contribution in [3.05, 3.63) is 0 Å². The van der Waals surface area contributed by atoms with Crippen molar-refractivity contribution < 1.29 is 0 Å². The van der Waals surface area contributed by atoms with Crippen LogP contribution in [0.4, 0.5) is 0 Å². The summed E-state index contributed by atoms with van der Waals surface area (Å²) >= 11 is 0. The van der Waals surface area contributed by atoms with Gasteiger partial charge in [-0.05, 0) is 30.1 Å². The van der Waals surface area contributed by atoms with E-state index in [0.717, 1.165) is 5.41 Å². The van der Waals surface area contributed by atoms with Crippen LogP contribution in [0.1, 0.15) is 39.5 Å². The molecule has 0 aromatic rings. The monoisotopic (exact) mass is 124 g/mol. The van der Waals surface area contributed by atoms with Crippen molar-refractivity contribution in [3.8, 4) is 0 Å². The summed E-state index contributed by atoms with van der Waals surface area (Å²) in [5.74, 6) is 2.37. The van der Waals surface area contributed by atoms with Crippen LogP contribution in [0.25, 0.3) is 0 Å². The second-order valence-electron chi connectivity index (χ2n) is 4.06. The van der Waals surface area contributed by atoms with Crippen LogP contribution in [0.5, 0.6) is 0 Å². The number of hydrogen-bond acceptors (Lipinski definition) is 0. The van der Waals surface area contributed by atoms with E-state index in [-0.39, 0.29) is 0 Å². The molecule has 2 atom stereocenters. The zero-order valence-electron chi connectivity index (χ0n) is 6.48. The van der Waals surface area contributed by atoms with Gasteiger partial charge in [0, 0.05) is 0 Å². The summed E-state index contributed by atoms with van der Waals surface area (Å²) in [5, 5.41) is 0. The quantitative estimate of drug-likeness (QED) is 0.542. The van der Waals surface area contributed by atoms with Gasteiger partial charge in [-0.1, -0.05) is 26.7 Å². The maximum Gasteiger partial charge on any atom is -0.0263 e. The van der Waals surface area contributed by atoms with Gasteiger partial charge in [-0.2, -0.15) is 0 Å². The summed E-state index contributed by atoms with van der Waals surface area (Å²) in [4.78, 5) is 0. The molecule has 52 valence electrons. The normalized spacial score (nSPS) is 52.7. The van der Waals surface area contributed by atoms with E-state index in [1.807, 2.05) is 0 Å². The maximum absolute atomic E-state index is 2.47. The molecule has 0 N–H and O–H groups in total. The van der Waals surface area contributed by atoms with Gasteiger partial charge >= 0.3 is 0 Å². The molecule has 9 heavy (non-hydrogen) atoms. The van der Waals surface area contributed by atoms with Gasteiger partial charge < -0.3 is 0 Å². The van der Waals surface area contributed by atoms with Crippen molar-refractivity contribution in [1.29, 1.82) is 0 Å². The second-order valence-corrected chi connectivity index (χ2v) is 4.06. The van der Waals surface area contributed by atoms with E-state index < -0.39 is 0 Å². The summed E-state index contributed by atoms with van der Waals surface area (Å²) in [7, 11) is 0. The molecule has 2 aliphatic carbocycles. The summed E-state index contributed by atoms with van der Waals surface area (Å²) in [6.45, 7) is 4.76. The van der Waals surface area contributed by atoms with Crippen LogP contribution in [0, 0.1) is 17.3 Å². The molecule has 0 bridgehead atoms. The Morgan fingerprint density at radius 1 is 1.44 bits per heavy atom. The SMILES string of the molecule is CCCCC1(C)C2CC21. The minimum absolute atomic E-state index is 0.857. The number of fused-ring (bicyclic) bond motifs is 1. The van der Waals surface area contributed by atoms with Crippen LogP contribution in [0.2, 0.25) is 0 Å².